The smallest absolute Gasteiger partial charge is 0.227 e. The van der Waals surface area contributed by atoms with E-state index in [4.69, 9.17) is 11.6 Å². The van der Waals surface area contributed by atoms with Crippen molar-refractivity contribution in [3.05, 3.63) is 34.9 Å². The molecule has 1 fully saturated rings. The predicted octanol–water partition coefficient (Wildman–Crippen LogP) is 2.93. The van der Waals surface area contributed by atoms with Crippen molar-refractivity contribution in [1.82, 2.24) is 10.2 Å². The number of hydrogen-bond donors (Lipinski definition) is 1. The van der Waals surface area contributed by atoms with E-state index in [1.165, 1.54) is 0 Å². The molecule has 1 aliphatic heterocycles. The van der Waals surface area contributed by atoms with Gasteiger partial charge < -0.3 is 10.2 Å². The summed E-state index contributed by atoms with van der Waals surface area (Å²) < 4.78 is 0. The van der Waals surface area contributed by atoms with Gasteiger partial charge in [-0.15, -0.1) is 0 Å². The van der Waals surface area contributed by atoms with E-state index in [2.05, 4.69) is 26.1 Å². The largest absolute Gasteiger partial charge is 0.336 e. The maximum atomic E-state index is 12.7. The van der Waals surface area contributed by atoms with Crippen LogP contribution >= 0.6 is 11.6 Å². The number of amides is 1. The molecule has 0 radical (unpaired) electrons. The number of benzene rings is 1. The van der Waals surface area contributed by atoms with Crippen molar-refractivity contribution in [3.8, 4) is 0 Å². The monoisotopic (exact) mass is 294 g/mol. The molecule has 2 rings (SSSR count). The van der Waals surface area contributed by atoms with Crippen LogP contribution in [0.5, 0.6) is 0 Å². The van der Waals surface area contributed by atoms with Crippen LogP contribution in [0.3, 0.4) is 0 Å². The molecule has 1 aromatic carbocycles. The van der Waals surface area contributed by atoms with Crippen LogP contribution in [0.4, 0.5) is 0 Å². The first-order valence-corrected chi connectivity index (χ1v) is 7.62. The first-order chi connectivity index (χ1) is 9.49. The first kappa shape index (κ1) is 15.3. The molecule has 1 aromatic rings. The van der Waals surface area contributed by atoms with Crippen molar-refractivity contribution in [3.63, 3.8) is 0 Å². The van der Waals surface area contributed by atoms with Gasteiger partial charge in [0.25, 0.3) is 0 Å². The number of carbonyl (C=O) groups is 1. The number of halogens is 1. The van der Waals surface area contributed by atoms with Crippen LogP contribution in [-0.4, -0.2) is 29.9 Å². The Labute approximate surface area is 126 Å². The summed E-state index contributed by atoms with van der Waals surface area (Å²) in [6.45, 7) is 8.62. The van der Waals surface area contributed by atoms with Crippen LogP contribution in [0.1, 0.15) is 26.3 Å². The summed E-state index contributed by atoms with van der Waals surface area (Å²) in [5, 5.41) is 4.02. The van der Waals surface area contributed by atoms with Crippen LogP contribution in [0.15, 0.2) is 24.3 Å². The maximum absolute atomic E-state index is 12.7. The molecule has 4 heteroatoms. The van der Waals surface area contributed by atoms with E-state index in [-0.39, 0.29) is 17.9 Å². The van der Waals surface area contributed by atoms with Gasteiger partial charge in [0.15, 0.2) is 0 Å². The molecular formula is C16H23ClN2O. The lowest BCUT2D eigenvalue weighted by atomic mass is 9.96. The molecule has 0 saturated carbocycles. The fraction of sp³-hybridized carbons (Fsp3) is 0.562. The quantitative estimate of drug-likeness (QED) is 0.926. The molecule has 1 N–H and O–H groups in total. The Hall–Kier alpha value is -1.06. The third-order valence-corrected chi connectivity index (χ3v) is 4.22. The zero-order chi connectivity index (χ0) is 14.7. The molecule has 0 bridgehead atoms. The Balaban J connectivity index is 2.12. The standard InChI is InChI=1S/C16H23ClN2O/c1-11(2)19(10-13-5-4-6-14(17)7-13)16(20)15-9-18-8-12(15)3/h4-7,11-12,15,18H,8-10H2,1-3H3. The highest BCUT2D eigenvalue weighted by Crippen LogP contribution is 2.22. The van der Waals surface area contributed by atoms with Gasteiger partial charge in [-0.25, -0.2) is 0 Å². The van der Waals surface area contributed by atoms with E-state index in [0.29, 0.717) is 12.5 Å². The molecule has 3 nitrogen and oxygen atoms in total. The van der Waals surface area contributed by atoms with Crippen molar-refractivity contribution >= 4 is 17.5 Å². The third-order valence-electron chi connectivity index (χ3n) is 3.98. The Bertz CT molecular complexity index is 475. The van der Waals surface area contributed by atoms with Gasteiger partial charge >= 0.3 is 0 Å². The Morgan fingerprint density at radius 3 is 2.75 bits per heavy atom. The highest BCUT2D eigenvalue weighted by molar-refractivity contribution is 6.30. The number of hydrogen-bond acceptors (Lipinski definition) is 2. The van der Waals surface area contributed by atoms with E-state index in [1.54, 1.807) is 0 Å². The van der Waals surface area contributed by atoms with Crippen molar-refractivity contribution in [2.45, 2.75) is 33.4 Å². The second kappa shape index (κ2) is 6.59. The number of carbonyl (C=O) groups excluding carboxylic acids is 1. The van der Waals surface area contributed by atoms with Gasteiger partial charge in [-0.1, -0.05) is 30.7 Å². The summed E-state index contributed by atoms with van der Waals surface area (Å²) in [4.78, 5) is 14.7. The summed E-state index contributed by atoms with van der Waals surface area (Å²) in [5.74, 6) is 0.747. The van der Waals surface area contributed by atoms with Crippen molar-refractivity contribution < 1.29 is 4.79 Å². The van der Waals surface area contributed by atoms with Gasteiger partial charge in [0, 0.05) is 24.2 Å². The Morgan fingerprint density at radius 1 is 1.45 bits per heavy atom. The molecular weight excluding hydrogens is 272 g/mol. The number of nitrogens with one attached hydrogen (secondary N) is 1. The second-order valence-electron chi connectivity index (χ2n) is 5.93. The lowest BCUT2D eigenvalue weighted by molar-refractivity contribution is -0.138. The van der Waals surface area contributed by atoms with Gasteiger partial charge in [-0.3, -0.25) is 4.79 Å². The van der Waals surface area contributed by atoms with Gasteiger partial charge in [0.1, 0.15) is 0 Å². The highest BCUT2D eigenvalue weighted by Gasteiger charge is 2.33. The van der Waals surface area contributed by atoms with Crippen LogP contribution in [0.2, 0.25) is 5.02 Å². The van der Waals surface area contributed by atoms with Crippen LogP contribution in [-0.2, 0) is 11.3 Å². The van der Waals surface area contributed by atoms with Gasteiger partial charge in [0.05, 0.1) is 5.92 Å². The van der Waals surface area contributed by atoms with Crippen molar-refractivity contribution in [2.24, 2.45) is 11.8 Å². The molecule has 0 spiro atoms. The van der Waals surface area contributed by atoms with E-state index in [9.17, 15) is 4.79 Å². The van der Waals surface area contributed by atoms with E-state index >= 15 is 0 Å². The predicted molar refractivity (Wildman–Crippen MR) is 82.7 cm³/mol. The van der Waals surface area contributed by atoms with E-state index in [0.717, 1.165) is 23.7 Å². The summed E-state index contributed by atoms with van der Waals surface area (Å²) in [6.07, 6.45) is 0. The SMILES string of the molecule is CC1CNCC1C(=O)N(Cc1cccc(Cl)c1)C(C)C. The molecule has 1 aliphatic rings. The number of nitrogens with zero attached hydrogens (tertiary/aromatic N) is 1. The summed E-state index contributed by atoms with van der Waals surface area (Å²) in [5.41, 5.74) is 1.08. The number of rotatable bonds is 4. The van der Waals surface area contributed by atoms with E-state index in [1.807, 2.05) is 29.2 Å². The van der Waals surface area contributed by atoms with Crippen LogP contribution in [0.25, 0.3) is 0 Å². The zero-order valence-corrected chi connectivity index (χ0v) is 13.2. The zero-order valence-electron chi connectivity index (χ0n) is 12.4. The molecule has 0 aliphatic carbocycles. The molecule has 2 unspecified atom stereocenters. The van der Waals surface area contributed by atoms with Crippen molar-refractivity contribution in [1.29, 1.82) is 0 Å². The van der Waals surface area contributed by atoms with Crippen LogP contribution in [0, 0.1) is 11.8 Å². The van der Waals surface area contributed by atoms with Gasteiger partial charge in [-0.2, -0.15) is 0 Å². The minimum Gasteiger partial charge on any atom is -0.336 e. The average Bonchev–Trinajstić information content (AvgIpc) is 2.81. The van der Waals surface area contributed by atoms with E-state index < -0.39 is 0 Å². The second-order valence-corrected chi connectivity index (χ2v) is 6.37. The summed E-state index contributed by atoms with van der Waals surface area (Å²) in [6, 6.07) is 7.93. The van der Waals surface area contributed by atoms with Crippen molar-refractivity contribution in [2.75, 3.05) is 13.1 Å². The lowest BCUT2D eigenvalue weighted by Gasteiger charge is -2.30. The maximum Gasteiger partial charge on any atom is 0.227 e. The molecule has 2 atom stereocenters. The lowest BCUT2D eigenvalue weighted by Crippen LogP contribution is -2.42. The molecule has 1 heterocycles. The topological polar surface area (TPSA) is 32.3 Å². The highest BCUT2D eigenvalue weighted by atomic mass is 35.5. The minimum atomic E-state index is 0.0941. The average molecular weight is 295 g/mol. The van der Waals surface area contributed by atoms with Gasteiger partial charge in [0.2, 0.25) is 5.91 Å². The normalized spacial score (nSPS) is 22.2. The fourth-order valence-electron chi connectivity index (χ4n) is 2.70. The summed E-state index contributed by atoms with van der Waals surface area (Å²) in [7, 11) is 0. The molecule has 1 saturated heterocycles. The Kier molecular flexibility index (Phi) is 5.06. The molecule has 110 valence electrons. The minimum absolute atomic E-state index is 0.0941. The molecule has 20 heavy (non-hydrogen) atoms. The summed E-state index contributed by atoms with van der Waals surface area (Å²) >= 11 is 6.02. The van der Waals surface area contributed by atoms with Crippen LogP contribution < -0.4 is 5.32 Å². The first-order valence-electron chi connectivity index (χ1n) is 7.24. The Morgan fingerprint density at radius 2 is 2.20 bits per heavy atom. The van der Waals surface area contributed by atoms with Gasteiger partial charge in [-0.05, 0) is 44.0 Å². The fourth-order valence-corrected chi connectivity index (χ4v) is 2.91. The molecule has 1 amide bonds. The molecule has 0 aromatic heterocycles. The third kappa shape index (κ3) is 3.53.